The van der Waals surface area contributed by atoms with Crippen LogP contribution in [0, 0.1) is 0 Å². The summed E-state index contributed by atoms with van der Waals surface area (Å²) in [5, 5.41) is 1.93. The summed E-state index contributed by atoms with van der Waals surface area (Å²) in [4.78, 5) is 10.8. The van der Waals surface area contributed by atoms with Crippen molar-refractivity contribution in [2.45, 2.75) is 6.92 Å². The molecule has 20 heavy (non-hydrogen) atoms. The van der Waals surface area contributed by atoms with Crippen molar-refractivity contribution in [1.29, 1.82) is 0 Å². The lowest BCUT2D eigenvalue weighted by Gasteiger charge is -2.15. The van der Waals surface area contributed by atoms with Crippen molar-refractivity contribution in [1.82, 2.24) is 0 Å². The highest BCUT2D eigenvalue weighted by Crippen LogP contribution is 2.31. The van der Waals surface area contributed by atoms with E-state index in [1.807, 2.05) is 0 Å². The summed E-state index contributed by atoms with van der Waals surface area (Å²) in [6.45, 7) is 1.16. The average molecular weight is 349 g/mol. The summed E-state index contributed by atoms with van der Waals surface area (Å²) in [5.41, 5.74) is -0.871. The molecule has 0 bridgehead atoms. The maximum Gasteiger partial charge on any atom is 0.414 e. The molecular formula is C8H7ClF2N2O5S2. The minimum Gasteiger partial charge on any atom is -0.325 e. The summed E-state index contributed by atoms with van der Waals surface area (Å²) in [6.07, 6.45) is 0. The third kappa shape index (κ3) is 4.02. The number of rotatable bonds is 4. The van der Waals surface area contributed by atoms with Gasteiger partial charge in [0.1, 0.15) is 0 Å². The molecule has 0 aliphatic carbocycles. The van der Waals surface area contributed by atoms with Crippen molar-refractivity contribution >= 4 is 49.7 Å². The summed E-state index contributed by atoms with van der Waals surface area (Å²) < 4.78 is 67.3. The Kier molecular flexibility index (Phi) is 4.56. The van der Waals surface area contributed by atoms with Crippen LogP contribution in [0.2, 0.25) is 5.02 Å². The first kappa shape index (κ1) is 16.6. The van der Waals surface area contributed by atoms with E-state index in [1.54, 1.807) is 0 Å². The zero-order chi connectivity index (χ0) is 15.7. The average Bonchev–Trinajstić information content (AvgIpc) is 2.17. The van der Waals surface area contributed by atoms with Crippen LogP contribution in [-0.4, -0.2) is 22.7 Å². The number of nitrogens with zero attached hydrogens (tertiary/aromatic N) is 1. The van der Waals surface area contributed by atoms with E-state index in [4.69, 9.17) is 11.6 Å². The second-order valence-electron chi connectivity index (χ2n) is 3.43. The first-order valence-corrected chi connectivity index (χ1v) is 7.75. The molecule has 0 aliphatic heterocycles. The minimum atomic E-state index is -5.90. The molecule has 0 unspecified atom stereocenters. The van der Waals surface area contributed by atoms with Crippen molar-refractivity contribution in [2.75, 3.05) is 9.03 Å². The van der Waals surface area contributed by atoms with Crippen LogP contribution in [-0.2, 0) is 25.6 Å². The lowest BCUT2D eigenvalue weighted by Crippen LogP contribution is -2.31. The van der Waals surface area contributed by atoms with Gasteiger partial charge in [0, 0.05) is 6.92 Å². The zero-order valence-corrected chi connectivity index (χ0v) is 12.1. The number of benzene rings is 1. The lowest BCUT2D eigenvalue weighted by molar-refractivity contribution is -0.114. The van der Waals surface area contributed by atoms with Crippen LogP contribution >= 0.6 is 11.6 Å². The highest BCUT2D eigenvalue weighted by atomic mass is 35.5. The summed E-state index contributed by atoms with van der Waals surface area (Å²) in [6, 6.07) is 2.41. The van der Waals surface area contributed by atoms with Crippen LogP contribution in [0.1, 0.15) is 6.92 Å². The van der Waals surface area contributed by atoms with Crippen LogP contribution in [0.5, 0.6) is 0 Å². The van der Waals surface area contributed by atoms with Gasteiger partial charge in [0.05, 0.1) is 16.4 Å². The SMILES string of the molecule is CC(=O)Nc1ccc(N(S(=O)(=O)F)S(=O)(=O)F)cc1Cl. The number of amides is 1. The molecule has 12 heteroatoms. The van der Waals surface area contributed by atoms with Gasteiger partial charge in [-0.05, 0) is 18.2 Å². The second kappa shape index (κ2) is 5.50. The maximum atomic E-state index is 12.8. The van der Waals surface area contributed by atoms with Crippen molar-refractivity contribution in [2.24, 2.45) is 0 Å². The van der Waals surface area contributed by atoms with E-state index in [2.05, 4.69) is 5.32 Å². The highest BCUT2D eigenvalue weighted by molar-refractivity contribution is 8.05. The number of nitrogens with one attached hydrogen (secondary N) is 1. The number of halogens is 3. The highest BCUT2D eigenvalue weighted by Gasteiger charge is 2.34. The number of hydrogen-bond donors (Lipinski definition) is 1. The van der Waals surface area contributed by atoms with E-state index < -0.39 is 36.1 Å². The van der Waals surface area contributed by atoms with E-state index in [-0.39, 0.29) is 10.7 Å². The van der Waals surface area contributed by atoms with Gasteiger partial charge in [-0.3, -0.25) is 4.79 Å². The Hall–Kier alpha value is -1.46. The maximum absolute atomic E-state index is 12.8. The smallest absolute Gasteiger partial charge is 0.325 e. The predicted octanol–water partition coefficient (Wildman–Crippen LogP) is 1.53. The van der Waals surface area contributed by atoms with E-state index in [0.717, 1.165) is 19.1 Å². The van der Waals surface area contributed by atoms with E-state index >= 15 is 0 Å². The van der Waals surface area contributed by atoms with Crippen molar-refractivity contribution < 1.29 is 29.4 Å². The van der Waals surface area contributed by atoms with Crippen LogP contribution in [0.25, 0.3) is 0 Å². The van der Waals surface area contributed by atoms with Crippen molar-refractivity contribution in [3.8, 4) is 0 Å². The van der Waals surface area contributed by atoms with Gasteiger partial charge in [0.15, 0.2) is 0 Å². The Labute approximate surface area is 118 Å². The topological polar surface area (TPSA) is 101 Å². The Bertz CT molecular complexity index is 718. The Balaban J connectivity index is 3.39. The monoisotopic (exact) mass is 348 g/mol. The third-order valence-corrected chi connectivity index (χ3v) is 4.47. The van der Waals surface area contributed by atoms with E-state index in [1.165, 1.54) is 0 Å². The largest absolute Gasteiger partial charge is 0.414 e. The molecule has 7 nitrogen and oxygen atoms in total. The van der Waals surface area contributed by atoms with E-state index in [9.17, 15) is 29.4 Å². The molecule has 0 spiro atoms. The van der Waals surface area contributed by atoms with Gasteiger partial charge in [-0.25, -0.2) is 0 Å². The zero-order valence-electron chi connectivity index (χ0n) is 9.67. The number of carbonyl (C=O) groups excluding carboxylic acids is 1. The third-order valence-electron chi connectivity index (χ3n) is 1.87. The van der Waals surface area contributed by atoms with Gasteiger partial charge in [-0.1, -0.05) is 19.4 Å². The number of carbonyl (C=O) groups is 1. The van der Waals surface area contributed by atoms with Crippen LogP contribution in [0.3, 0.4) is 0 Å². The summed E-state index contributed by atoms with van der Waals surface area (Å²) in [7, 11) is -11.8. The molecule has 1 amide bonds. The molecule has 1 rings (SSSR count). The molecule has 0 heterocycles. The minimum absolute atomic E-state index is 0.00961. The number of hydrogen-bond acceptors (Lipinski definition) is 5. The fraction of sp³-hybridized carbons (Fsp3) is 0.125. The van der Waals surface area contributed by atoms with Gasteiger partial charge in [-0.15, -0.1) is 3.71 Å². The van der Waals surface area contributed by atoms with E-state index in [0.29, 0.717) is 6.07 Å². The second-order valence-corrected chi connectivity index (χ2v) is 6.44. The molecule has 1 N–H and O–H groups in total. The van der Waals surface area contributed by atoms with Gasteiger partial charge in [0.25, 0.3) is 0 Å². The van der Waals surface area contributed by atoms with Gasteiger partial charge in [0.2, 0.25) is 5.91 Å². The quantitative estimate of drug-likeness (QED) is 0.832. The summed E-state index contributed by atoms with van der Waals surface area (Å²) >= 11 is 5.64. The molecule has 0 saturated heterocycles. The van der Waals surface area contributed by atoms with Crippen molar-refractivity contribution in [3.63, 3.8) is 0 Å². The van der Waals surface area contributed by atoms with Crippen LogP contribution < -0.4 is 9.03 Å². The lowest BCUT2D eigenvalue weighted by atomic mass is 10.3. The first-order chi connectivity index (χ1) is 8.93. The normalized spacial score (nSPS) is 12.0. The number of anilines is 2. The molecule has 0 saturated carbocycles. The fourth-order valence-electron chi connectivity index (χ4n) is 1.27. The molecule has 0 aromatic heterocycles. The molecular weight excluding hydrogens is 342 g/mol. The molecule has 1 aromatic rings. The molecule has 1 aromatic carbocycles. The summed E-state index contributed by atoms with van der Waals surface area (Å²) in [5.74, 6) is -0.507. The Morgan fingerprint density at radius 3 is 2.05 bits per heavy atom. The molecule has 0 radical (unpaired) electrons. The van der Waals surface area contributed by atoms with Crippen molar-refractivity contribution in [3.05, 3.63) is 23.2 Å². The van der Waals surface area contributed by atoms with Crippen LogP contribution in [0.4, 0.5) is 19.1 Å². The fourth-order valence-corrected chi connectivity index (χ4v) is 3.07. The van der Waals surface area contributed by atoms with Gasteiger partial charge >= 0.3 is 20.8 Å². The van der Waals surface area contributed by atoms with Crippen LogP contribution in [0.15, 0.2) is 18.2 Å². The Morgan fingerprint density at radius 1 is 1.20 bits per heavy atom. The first-order valence-electron chi connectivity index (χ1n) is 4.70. The van der Waals surface area contributed by atoms with Gasteiger partial charge < -0.3 is 5.32 Å². The molecule has 0 fully saturated rings. The predicted molar refractivity (Wildman–Crippen MR) is 68.3 cm³/mol. The molecule has 112 valence electrons. The Morgan fingerprint density at radius 2 is 1.70 bits per heavy atom. The van der Waals surface area contributed by atoms with Gasteiger partial charge in [-0.2, -0.15) is 16.8 Å². The molecule has 0 aliphatic rings. The standard InChI is InChI=1S/C8H7ClF2N2O5S2/c1-5(14)12-8-3-2-6(4-7(8)9)13(19(10,15)16)20(11,17)18/h2-4H,1H3,(H,12,14). The molecule has 0 atom stereocenters.